The summed E-state index contributed by atoms with van der Waals surface area (Å²) in [5.41, 5.74) is 1.66. The van der Waals surface area contributed by atoms with Crippen molar-refractivity contribution in [3.05, 3.63) is 41.2 Å². The molecule has 0 heterocycles. The van der Waals surface area contributed by atoms with Crippen LogP contribution in [-0.2, 0) is 0 Å². The second-order valence-electron chi connectivity index (χ2n) is 2.81. The van der Waals surface area contributed by atoms with Crippen LogP contribution in [0.15, 0.2) is 29.8 Å². The molecule has 0 spiro atoms. The first-order valence-electron chi connectivity index (χ1n) is 4.28. The third-order valence-electron chi connectivity index (χ3n) is 1.89. The van der Waals surface area contributed by atoms with E-state index in [1.807, 2.05) is 19.1 Å². The van der Waals surface area contributed by atoms with Crippen LogP contribution in [-0.4, -0.2) is 5.88 Å². The molecule has 1 aromatic carbocycles. The van der Waals surface area contributed by atoms with E-state index in [1.54, 1.807) is 12.1 Å². The van der Waals surface area contributed by atoms with Crippen molar-refractivity contribution in [3.63, 3.8) is 0 Å². The van der Waals surface area contributed by atoms with Gasteiger partial charge >= 0.3 is 0 Å². The lowest BCUT2D eigenvalue weighted by molar-refractivity contribution is 0.625. The number of hydrogen-bond acceptors (Lipinski definition) is 0. The number of benzene rings is 1. The average Bonchev–Trinajstić information content (AvgIpc) is 2.17. The fourth-order valence-corrected chi connectivity index (χ4v) is 1.31. The van der Waals surface area contributed by atoms with Crippen LogP contribution in [0.1, 0.15) is 18.9 Å². The summed E-state index contributed by atoms with van der Waals surface area (Å²) in [5.74, 6) is 0.267. The lowest BCUT2D eigenvalue weighted by atomic mass is 10.1. The van der Waals surface area contributed by atoms with Gasteiger partial charge in [-0.1, -0.05) is 36.8 Å². The zero-order valence-electron chi connectivity index (χ0n) is 7.56. The SMILES string of the molecule is CC/C(=C/c1ccccc1F)CCl. The van der Waals surface area contributed by atoms with Crippen molar-refractivity contribution in [1.82, 2.24) is 0 Å². The van der Waals surface area contributed by atoms with Gasteiger partial charge < -0.3 is 0 Å². The smallest absolute Gasteiger partial charge is 0.130 e. The van der Waals surface area contributed by atoms with Crippen LogP contribution < -0.4 is 0 Å². The largest absolute Gasteiger partial charge is 0.206 e. The first-order valence-corrected chi connectivity index (χ1v) is 4.81. The first-order chi connectivity index (χ1) is 6.27. The van der Waals surface area contributed by atoms with E-state index in [-0.39, 0.29) is 5.82 Å². The highest BCUT2D eigenvalue weighted by Gasteiger charge is 1.98. The summed E-state index contributed by atoms with van der Waals surface area (Å²) < 4.78 is 13.1. The Bertz CT molecular complexity index is 299. The minimum absolute atomic E-state index is 0.196. The zero-order chi connectivity index (χ0) is 9.68. The van der Waals surface area contributed by atoms with Gasteiger partial charge in [-0.15, -0.1) is 11.6 Å². The predicted molar refractivity (Wildman–Crippen MR) is 55.4 cm³/mol. The molecule has 0 aromatic heterocycles. The number of halogens is 2. The van der Waals surface area contributed by atoms with E-state index < -0.39 is 0 Å². The van der Waals surface area contributed by atoms with Crippen molar-refractivity contribution >= 4 is 17.7 Å². The maximum absolute atomic E-state index is 13.1. The molecule has 0 nitrogen and oxygen atoms in total. The minimum Gasteiger partial charge on any atom is -0.206 e. The predicted octanol–water partition coefficient (Wildman–Crippen LogP) is 3.86. The van der Waals surface area contributed by atoms with Gasteiger partial charge in [-0.2, -0.15) is 0 Å². The van der Waals surface area contributed by atoms with Crippen molar-refractivity contribution < 1.29 is 4.39 Å². The summed E-state index contributed by atoms with van der Waals surface area (Å²) in [6.45, 7) is 2.01. The molecule has 0 fully saturated rings. The summed E-state index contributed by atoms with van der Waals surface area (Å²) in [5, 5.41) is 0. The van der Waals surface area contributed by atoms with Gasteiger partial charge in [0.2, 0.25) is 0 Å². The summed E-state index contributed by atoms with van der Waals surface area (Å²) in [6.07, 6.45) is 2.67. The normalized spacial score (nSPS) is 11.8. The van der Waals surface area contributed by atoms with Crippen molar-refractivity contribution in [2.24, 2.45) is 0 Å². The van der Waals surface area contributed by atoms with Gasteiger partial charge in [0.05, 0.1) is 0 Å². The molecule has 0 aliphatic rings. The molecule has 70 valence electrons. The minimum atomic E-state index is -0.196. The highest BCUT2D eigenvalue weighted by Crippen LogP contribution is 2.13. The van der Waals surface area contributed by atoms with Crippen LogP contribution in [0.5, 0.6) is 0 Å². The molecule has 1 rings (SSSR count). The molecule has 0 atom stereocenters. The van der Waals surface area contributed by atoms with E-state index in [2.05, 4.69) is 0 Å². The molecule has 1 aromatic rings. The first kappa shape index (κ1) is 10.3. The monoisotopic (exact) mass is 198 g/mol. The number of hydrogen-bond donors (Lipinski definition) is 0. The fourth-order valence-electron chi connectivity index (χ4n) is 1.05. The van der Waals surface area contributed by atoms with Gasteiger partial charge in [0.25, 0.3) is 0 Å². The Kier molecular flexibility index (Phi) is 3.97. The van der Waals surface area contributed by atoms with E-state index in [4.69, 9.17) is 11.6 Å². The number of rotatable bonds is 3. The molecule has 0 saturated carbocycles. The summed E-state index contributed by atoms with van der Waals surface area (Å²) >= 11 is 5.68. The highest BCUT2D eigenvalue weighted by atomic mass is 35.5. The molecule has 0 unspecified atom stereocenters. The molecular weight excluding hydrogens is 187 g/mol. The molecule has 0 saturated heterocycles. The Morgan fingerprint density at radius 2 is 2.15 bits per heavy atom. The highest BCUT2D eigenvalue weighted by molar-refractivity contribution is 6.19. The Morgan fingerprint density at radius 1 is 1.46 bits per heavy atom. The Balaban J connectivity index is 2.95. The molecular formula is C11H12ClF. The fraction of sp³-hybridized carbons (Fsp3) is 0.273. The van der Waals surface area contributed by atoms with Crippen LogP contribution in [0.2, 0.25) is 0 Å². The van der Waals surface area contributed by atoms with Crippen molar-refractivity contribution in [2.75, 3.05) is 5.88 Å². The topological polar surface area (TPSA) is 0 Å². The van der Waals surface area contributed by atoms with Crippen LogP contribution in [0.4, 0.5) is 4.39 Å². The van der Waals surface area contributed by atoms with Gasteiger partial charge in [-0.3, -0.25) is 0 Å². The maximum Gasteiger partial charge on any atom is 0.130 e. The third kappa shape index (κ3) is 2.85. The van der Waals surface area contributed by atoms with E-state index in [1.165, 1.54) is 6.07 Å². The van der Waals surface area contributed by atoms with E-state index >= 15 is 0 Å². The van der Waals surface area contributed by atoms with Gasteiger partial charge in [0.15, 0.2) is 0 Å². The number of allylic oxidation sites excluding steroid dienone is 1. The molecule has 0 aliphatic carbocycles. The third-order valence-corrected chi connectivity index (χ3v) is 2.23. The van der Waals surface area contributed by atoms with Gasteiger partial charge in [0, 0.05) is 11.4 Å². The van der Waals surface area contributed by atoms with Crippen molar-refractivity contribution in [1.29, 1.82) is 0 Å². The quantitative estimate of drug-likeness (QED) is 0.647. The van der Waals surface area contributed by atoms with Crippen molar-refractivity contribution in [3.8, 4) is 0 Å². The van der Waals surface area contributed by atoms with E-state index in [9.17, 15) is 4.39 Å². The standard InChI is InChI=1S/C11H12ClF/c1-2-9(8-12)7-10-5-3-4-6-11(10)13/h3-7H,2,8H2,1H3/b9-7-. The Hall–Kier alpha value is -0.820. The van der Waals surface area contributed by atoms with Crippen LogP contribution in [0.25, 0.3) is 6.08 Å². The number of alkyl halides is 1. The van der Waals surface area contributed by atoms with Crippen molar-refractivity contribution in [2.45, 2.75) is 13.3 Å². The van der Waals surface area contributed by atoms with Gasteiger partial charge in [-0.25, -0.2) is 4.39 Å². The molecule has 13 heavy (non-hydrogen) atoms. The Labute approximate surface area is 83.0 Å². The lowest BCUT2D eigenvalue weighted by Crippen LogP contribution is -1.85. The molecule has 2 heteroatoms. The van der Waals surface area contributed by atoms with Gasteiger partial charge in [0.1, 0.15) is 5.82 Å². The molecule has 0 N–H and O–H groups in total. The van der Waals surface area contributed by atoms with Crippen LogP contribution in [0, 0.1) is 5.82 Å². The maximum atomic E-state index is 13.1. The second kappa shape index (κ2) is 5.03. The second-order valence-corrected chi connectivity index (χ2v) is 3.08. The van der Waals surface area contributed by atoms with Gasteiger partial charge in [-0.05, 0) is 12.5 Å². The molecule has 0 amide bonds. The molecule has 0 radical (unpaired) electrons. The average molecular weight is 199 g/mol. The van der Waals surface area contributed by atoms with Crippen LogP contribution >= 0.6 is 11.6 Å². The Morgan fingerprint density at radius 3 is 2.69 bits per heavy atom. The lowest BCUT2D eigenvalue weighted by Gasteiger charge is -2.00. The zero-order valence-corrected chi connectivity index (χ0v) is 8.31. The molecule has 0 aliphatic heterocycles. The van der Waals surface area contributed by atoms with E-state index in [0.29, 0.717) is 11.4 Å². The van der Waals surface area contributed by atoms with E-state index in [0.717, 1.165) is 12.0 Å². The van der Waals surface area contributed by atoms with Crippen LogP contribution in [0.3, 0.4) is 0 Å². The summed E-state index contributed by atoms with van der Waals surface area (Å²) in [6, 6.07) is 6.69. The summed E-state index contributed by atoms with van der Waals surface area (Å²) in [4.78, 5) is 0. The summed E-state index contributed by atoms with van der Waals surface area (Å²) in [7, 11) is 0. The molecule has 0 bridgehead atoms.